The molecule has 2 aliphatic rings. The van der Waals surface area contributed by atoms with Crippen LogP contribution in [0.1, 0.15) is 36.4 Å². The van der Waals surface area contributed by atoms with Crippen LogP contribution in [0.15, 0.2) is 48.9 Å². The van der Waals surface area contributed by atoms with Crippen LogP contribution >= 0.6 is 0 Å². The van der Waals surface area contributed by atoms with Gasteiger partial charge in [-0.25, -0.2) is 19.9 Å². The molecule has 4 aromatic rings. The van der Waals surface area contributed by atoms with Gasteiger partial charge in [0.25, 0.3) is 0 Å². The van der Waals surface area contributed by atoms with Crippen LogP contribution in [0, 0.1) is 11.3 Å². The fraction of sp³-hybridized carbons (Fsp3) is 0.308. The van der Waals surface area contributed by atoms with Gasteiger partial charge >= 0.3 is 0 Å². The average molecular weight is 481 g/mol. The molecule has 0 radical (unpaired) electrons. The summed E-state index contributed by atoms with van der Waals surface area (Å²) in [5, 5.41) is 33.7. The number of aromatic nitrogens is 5. The van der Waals surface area contributed by atoms with E-state index in [0.29, 0.717) is 48.6 Å². The largest absolute Gasteiger partial charge is 0.390 e. The van der Waals surface area contributed by atoms with E-state index < -0.39 is 12.2 Å². The van der Waals surface area contributed by atoms with Crippen molar-refractivity contribution < 1.29 is 10.2 Å². The van der Waals surface area contributed by atoms with Gasteiger partial charge in [-0.1, -0.05) is 6.07 Å². The molecule has 36 heavy (non-hydrogen) atoms. The number of fused-ring (bicyclic) bond motifs is 1. The summed E-state index contributed by atoms with van der Waals surface area (Å²) in [6.45, 7) is 0.878. The molecule has 180 valence electrons. The number of aliphatic hydroxyl groups excluding tert-OH is 2. The summed E-state index contributed by atoms with van der Waals surface area (Å²) < 4.78 is 0. The number of anilines is 3. The van der Waals surface area contributed by atoms with Crippen molar-refractivity contribution >= 4 is 28.4 Å². The predicted molar refractivity (Wildman–Crippen MR) is 134 cm³/mol. The van der Waals surface area contributed by atoms with Crippen LogP contribution in [0.25, 0.3) is 22.3 Å². The van der Waals surface area contributed by atoms with E-state index in [9.17, 15) is 10.2 Å². The molecule has 0 unspecified atom stereocenters. The van der Waals surface area contributed by atoms with Crippen LogP contribution in [-0.2, 0) is 0 Å². The Balaban J connectivity index is 1.42. The van der Waals surface area contributed by atoms with E-state index in [1.807, 2.05) is 29.3 Å². The SMILES string of the molecule is N#Cc1cccc(Nc2cc(-c3nc(N4CC[C@H](O)[C@H](O)C4)c4c(C5CC5)cncc4n3)ccn2)n1. The van der Waals surface area contributed by atoms with Crippen LogP contribution in [-0.4, -0.2) is 60.4 Å². The van der Waals surface area contributed by atoms with Gasteiger partial charge in [0.05, 0.1) is 23.9 Å². The van der Waals surface area contributed by atoms with Gasteiger partial charge in [0.2, 0.25) is 0 Å². The molecule has 0 spiro atoms. The highest BCUT2D eigenvalue weighted by atomic mass is 16.3. The Hall–Kier alpha value is -4.20. The zero-order chi connectivity index (χ0) is 24.6. The van der Waals surface area contributed by atoms with Gasteiger partial charge in [-0.3, -0.25) is 4.98 Å². The van der Waals surface area contributed by atoms with E-state index in [4.69, 9.17) is 15.2 Å². The Morgan fingerprint density at radius 1 is 1.00 bits per heavy atom. The molecule has 1 saturated heterocycles. The number of nitrogens with zero attached hydrogens (tertiary/aromatic N) is 7. The Labute approximate surface area is 207 Å². The lowest BCUT2D eigenvalue weighted by molar-refractivity contribution is 0.00792. The lowest BCUT2D eigenvalue weighted by Crippen LogP contribution is -2.47. The highest BCUT2D eigenvalue weighted by molar-refractivity contribution is 5.94. The molecule has 1 saturated carbocycles. The first-order valence-corrected chi connectivity index (χ1v) is 12.0. The van der Waals surface area contributed by atoms with E-state index in [0.717, 1.165) is 40.7 Å². The maximum absolute atomic E-state index is 10.4. The second-order valence-corrected chi connectivity index (χ2v) is 9.21. The van der Waals surface area contributed by atoms with E-state index in [2.05, 4.69) is 20.3 Å². The zero-order valence-corrected chi connectivity index (χ0v) is 19.4. The van der Waals surface area contributed by atoms with Gasteiger partial charge < -0.3 is 20.4 Å². The van der Waals surface area contributed by atoms with Crippen LogP contribution < -0.4 is 10.2 Å². The normalized spacial score (nSPS) is 19.8. The third-order valence-electron chi connectivity index (χ3n) is 6.62. The predicted octanol–water partition coefficient (Wildman–Crippen LogP) is 2.91. The molecule has 2 atom stereocenters. The average Bonchev–Trinajstić information content (AvgIpc) is 3.75. The molecule has 3 N–H and O–H groups in total. The Kier molecular flexibility index (Phi) is 5.64. The Morgan fingerprint density at radius 3 is 2.69 bits per heavy atom. The fourth-order valence-corrected chi connectivity index (χ4v) is 4.60. The molecule has 0 bridgehead atoms. The summed E-state index contributed by atoms with van der Waals surface area (Å²) in [5.41, 5.74) is 2.94. The number of rotatable bonds is 5. The van der Waals surface area contributed by atoms with Gasteiger partial charge in [-0.05, 0) is 55.0 Å². The standard InChI is InChI=1S/C26H24N8O2/c27-11-17-2-1-3-22(30-17)32-23-10-16(6-8-29-23)25-31-19-13-28-12-18(15-4-5-15)24(19)26(33-25)34-9-7-20(35)21(36)14-34/h1-3,6,8,10,12-13,15,20-21,35-36H,4-5,7,9,14H2,(H,29,30,32)/t20-,21+/m0/s1. The van der Waals surface area contributed by atoms with Crippen molar-refractivity contribution in [2.24, 2.45) is 0 Å². The van der Waals surface area contributed by atoms with Crippen molar-refractivity contribution in [3.05, 3.63) is 60.2 Å². The third-order valence-corrected chi connectivity index (χ3v) is 6.62. The second-order valence-electron chi connectivity index (χ2n) is 9.21. The van der Waals surface area contributed by atoms with Crippen LogP contribution in [0.3, 0.4) is 0 Å². The maximum Gasteiger partial charge on any atom is 0.162 e. The smallest absolute Gasteiger partial charge is 0.162 e. The van der Waals surface area contributed by atoms with E-state index in [1.54, 1.807) is 30.6 Å². The van der Waals surface area contributed by atoms with Crippen LogP contribution in [0.4, 0.5) is 17.5 Å². The first-order valence-electron chi connectivity index (χ1n) is 12.0. The van der Waals surface area contributed by atoms with Crippen molar-refractivity contribution in [1.29, 1.82) is 5.26 Å². The van der Waals surface area contributed by atoms with Crippen molar-refractivity contribution in [2.45, 2.75) is 37.4 Å². The molecule has 0 amide bonds. The maximum atomic E-state index is 10.4. The van der Waals surface area contributed by atoms with Crippen LogP contribution in [0.5, 0.6) is 0 Å². The number of pyridine rings is 3. The van der Waals surface area contributed by atoms with E-state index in [1.165, 1.54) is 0 Å². The Bertz CT molecular complexity index is 1480. The lowest BCUT2D eigenvalue weighted by Gasteiger charge is -2.35. The number of hydrogen-bond acceptors (Lipinski definition) is 10. The molecule has 10 heteroatoms. The van der Waals surface area contributed by atoms with Crippen molar-refractivity contribution in [3.8, 4) is 17.5 Å². The number of hydrogen-bond donors (Lipinski definition) is 3. The quantitative estimate of drug-likeness (QED) is 0.390. The Morgan fingerprint density at radius 2 is 1.89 bits per heavy atom. The number of nitriles is 1. The summed E-state index contributed by atoms with van der Waals surface area (Å²) in [6, 6.07) is 10.9. The third kappa shape index (κ3) is 4.30. The first-order chi connectivity index (χ1) is 17.6. The number of piperidine rings is 1. The monoisotopic (exact) mass is 480 g/mol. The molecular weight excluding hydrogens is 456 g/mol. The van der Waals surface area contributed by atoms with Crippen LogP contribution in [0.2, 0.25) is 0 Å². The summed E-state index contributed by atoms with van der Waals surface area (Å²) in [5.74, 6) is 2.76. The highest BCUT2D eigenvalue weighted by Gasteiger charge is 2.32. The zero-order valence-electron chi connectivity index (χ0n) is 19.4. The lowest BCUT2D eigenvalue weighted by atomic mass is 10.0. The van der Waals surface area contributed by atoms with Gasteiger partial charge in [0, 0.05) is 36.4 Å². The molecule has 10 nitrogen and oxygen atoms in total. The molecule has 1 aliphatic heterocycles. The minimum absolute atomic E-state index is 0.295. The molecule has 5 heterocycles. The minimum Gasteiger partial charge on any atom is -0.390 e. The summed E-state index contributed by atoms with van der Waals surface area (Å²) in [6.07, 6.45) is 6.43. The van der Waals surface area contributed by atoms with Crippen molar-refractivity contribution in [1.82, 2.24) is 24.9 Å². The second kappa shape index (κ2) is 9.11. The molecule has 2 fully saturated rings. The van der Waals surface area contributed by atoms with Gasteiger partial charge in [-0.15, -0.1) is 0 Å². The van der Waals surface area contributed by atoms with Gasteiger partial charge in [0.1, 0.15) is 29.2 Å². The summed E-state index contributed by atoms with van der Waals surface area (Å²) in [7, 11) is 0. The number of nitrogens with one attached hydrogen (secondary N) is 1. The summed E-state index contributed by atoms with van der Waals surface area (Å²) >= 11 is 0. The van der Waals surface area contributed by atoms with Gasteiger partial charge in [-0.2, -0.15) is 5.26 Å². The molecule has 1 aliphatic carbocycles. The molecule has 4 aromatic heterocycles. The van der Waals surface area contributed by atoms with E-state index >= 15 is 0 Å². The molecule has 6 rings (SSSR count). The van der Waals surface area contributed by atoms with Crippen molar-refractivity contribution in [2.75, 3.05) is 23.3 Å². The minimum atomic E-state index is -0.841. The summed E-state index contributed by atoms with van der Waals surface area (Å²) in [4.78, 5) is 25.0. The number of β-amino-alcohol motifs (C(OH)–C–C–N with tert-alkyl or cyclic N) is 1. The topological polar surface area (TPSA) is 144 Å². The van der Waals surface area contributed by atoms with Gasteiger partial charge in [0.15, 0.2) is 5.82 Å². The molecular formula is C26H24N8O2. The van der Waals surface area contributed by atoms with E-state index in [-0.39, 0.29) is 0 Å². The first kappa shape index (κ1) is 22.3. The fourth-order valence-electron chi connectivity index (χ4n) is 4.60. The number of aliphatic hydroxyl groups is 2. The van der Waals surface area contributed by atoms with Crippen molar-refractivity contribution in [3.63, 3.8) is 0 Å². The highest BCUT2D eigenvalue weighted by Crippen LogP contribution is 2.45. The molecule has 0 aromatic carbocycles.